The summed E-state index contributed by atoms with van der Waals surface area (Å²) >= 11 is 1.08. The number of nitrogens with two attached hydrogens (primary N) is 4. The van der Waals surface area contributed by atoms with Crippen LogP contribution in [0.3, 0.4) is 0 Å². The van der Waals surface area contributed by atoms with Gasteiger partial charge in [-0.25, -0.2) is 18.5 Å². The van der Waals surface area contributed by atoms with E-state index in [1.807, 2.05) is 0 Å². The summed E-state index contributed by atoms with van der Waals surface area (Å²) in [5, 5.41) is 8.21. The first kappa shape index (κ1) is 17.0. The Morgan fingerprint density at radius 3 is 2.36 bits per heavy atom. The van der Waals surface area contributed by atoms with Crippen LogP contribution in [0.25, 0.3) is 10.2 Å². The molecule has 0 fully saturated rings. The number of nitrogens with one attached hydrogen (secondary N) is 1. The highest BCUT2D eigenvalue weighted by atomic mass is 32.2. The molecule has 9 N–H and O–H groups in total. The summed E-state index contributed by atoms with van der Waals surface area (Å²) < 4.78 is 22.5. The van der Waals surface area contributed by atoms with Gasteiger partial charge >= 0.3 is 0 Å². The van der Waals surface area contributed by atoms with Crippen LogP contribution in [0.15, 0.2) is 35.2 Å². The molecular weight excluding hydrogens is 364 g/mol. The van der Waals surface area contributed by atoms with E-state index in [4.69, 9.17) is 22.3 Å². The van der Waals surface area contributed by atoms with Gasteiger partial charge in [0.1, 0.15) is 15.5 Å². The SMILES string of the molecule is Nc1cc2c(N)c(C(=O)Nc3ccc(S(N)(=O)=O)cc3)sc2nc1N. The number of primary sulfonamides is 1. The van der Waals surface area contributed by atoms with Crippen molar-refractivity contribution in [3.8, 4) is 0 Å². The average Bonchev–Trinajstić information content (AvgIpc) is 2.84. The number of thiophene rings is 1. The summed E-state index contributed by atoms with van der Waals surface area (Å²) in [4.78, 5) is 17.3. The molecule has 3 aromatic rings. The van der Waals surface area contributed by atoms with E-state index in [9.17, 15) is 13.2 Å². The highest BCUT2D eigenvalue weighted by Gasteiger charge is 2.19. The van der Waals surface area contributed by atoms with Gasteiger partial charge in [0.15, 0.2) is 0 Å². The van der Waals surface area contributed by atoms with Crippen molar-refractivity contribution in [3.63, 3.8) is 0 Å². The Hall–Kier alpha value is -2.89. The number of carbonyl (C=O) groups excluding carboxylic acids is 1. The lowest BCUT2D eigenvalue weighted by molar-refractivity contribution is 0.103. The lowest BCUT2D eigenvalue weighted by Gasteiger charge is -2.05. The third-order valence-electron chi connectivity index (χ3n) is 3.43. The summed E-state index contributed by atoms with van der Waals surface area (Å²) in [6.07, 6.45) is 0. The normalized spacial score (nSPS) is 11.6. The Kier molecular flexibility index (Phi) is 3.99. The molecule has 0 spiro atoms. The molecule has 2 heterocycles. The third kappa shape index (κ3) is 3.20. The van der Waals surface area contributed by atoms with Crippen molar-refractivity contribution >= 4 is 60.4 Å². The van der Waals surface area contributed by atoms with E-state index in [0.29, 0.717) is 15.9 Å². The minimum absolute atomic E-state index is 0.0537. The van der Waals surface area contributed by atoms with E-state index in [0.717, 1.165) is 11.3 Å². The van der Waals surface area contributed by atoms with E-state index >= 15 is 0 Å². The number of hydrogen-bond acceptors (Lipinski definition) is 8. The molecule has 2 aromatic heterocycles. The predicted molar refractivity (Wildman–Crippen MR) is 98.6 cm³/mol. The molecule has 0 saturated carbocycles. The van der Waals surface area contributed by atoms with E-state index < -0.39 is 15.9 Å². The minimum atomic E-state index is -3.80. The van der Waals surface area contributed by atoms with Gasteiger partial charge < -0.3 is 22.5 Å². The highest BCUT2D eigenvalue weighted by Crippen LogP contribution is 2.35. The van der Waals surface area contributed by atoms with Crippen LogP contribution in [-0.4, -0.2) is 19.3 Å². The van der Waals surface area contributed by atoms with Crippen LogP contribution in [0.1, 0.15) is 9.67 Å². The monoisotopic (exact) mass is 378 g/mol. The van der Waals surface area contributed by atoms with Crippen LogP contribution in [-0.2, 0) is 10.0 Å². The molecule has 0 aliphatic heterocycles. The second kappa shape index (κ2) is 5.88. The van der Waals surface area contributed by atoms with Crippen LogP contribution >= 0.6 is 11.3 Å². The molecule has 3 rings (SSSR count). The summed E-state index contributed by atoms with van der Waals surface area (Å²) in [7, 11) is -3.80. The molecule has 0 saturated heterocycles. The number of benzene rings is 1. The van der Waals surface area contributed by atoms with Crippen molar-refractivity contribution in [1.29, 1.82) is 0 Å². The van der Waals surface area contributed by atoms with Crippen LogP contribution in [0.2, 0.25) is 0 Å². The van der Waals surface area contributed by atoms with Gasteiger partial charge in [-0.1, -0.05) is 0 Å². The maximum absolute atomic E-state index is 12.4. The number of rotatable bonds is 3. The fraction of sp³-hybridized carbons (Fsp3) is 0. The molecule has 0 unspecified atom stereocenters. The van der Waals surface area contributed by atoms with E-state index in [1.165, 1.54) is 24.3 Å². The van der Waals surface area contributed by atoms with Gasteiger partial charge in [-0.3, -0.25) is 4.79 Å². The number of nitrogens with zero attached hydrogens (tertiary/aromatic N) is 1. The summed E-state index contributed by atoms with van der Waals surface area (Å²) in [5.74, 6) is -0.291. The topological polar surface area (TPSA) is 180 Å². The first-order valence-corrected chi connectivity index (χ1v) is 9.21. The second-order valence-electron chi connectivity index (χ2n) is 5.18. The zero-order valence-corrected chi connectivity index (χ0v) is 14.3. The van der Waals surface area contributed by atoms with Crippen molar-refractivity contribution in [1.82, 2.24) is 4.98 Å². The molecule has 0 bridgehead atoms. The van der Waals surface area contributed by atoms with Gasteiger partial charge in [0.2, 0.25) is 10.0 Å². The van der Waals surface area contributed by atoms with Crippen molar-refractivity contribution in [2.45, 2.75) is 4.90 Å². The van der Waals surface area contributed by atoms with Crippen LogP contribution in [0, 0.1) is 0 Å². The summed E-state index contributed by atoms with van der Waals surface area (Å²) in [5.41, 5.74) is 18.3. The van der Waals surface area contributed by atoms with Crippen LogP contribution in [0.4, 0.5) is 22.9 Å². The van der Waals surface area contributed by atoms with Gasteiger partial charge in [-0.2, -0.15) is 0 Å². The van der Waals surface area contributed by atoms with E-state index in [1.54, 1.807) is 6.07 Å². The molecule has 0 aliphatic carbocycles. The number of aromatic nitrogens is 1. The minimum Gasteiger partial charge on any atom is -0.397 e. The lowest BCUT2D eigenvalue weighted by atomic mass is 10.2. The zero-order chi connectivity index (χ0) is 18.4. The highest BCUT2D eigenvalue weighted by molar-refractivity contribution is 7.89. The van der Waals surface area contributed by atoms with Crippen LogP contribution < -0.4 is 27.7 Å². The van der Waals surface area contributed by atoms with Crippen molar-refractivity contribution < 1.29 is 13.2 Å². The van der Waals surface area contributed by atoms with Gasteiger partial charge in [0.05, 0.1) is 16.3 Å². The fourth-order valence-corrected chi connectivity index (χ4v) is 3.65. The molecule has 0 aliphatic rings. The Bertz CT molecular complexity index is 1090. The summed E-state index contributed by atoms with van der Waals surface area (Å²) in [6.45, 7) is 0. The van der Waals surface area contributed by atoms with Gasteiger partial charge in [0.25, 0.3) is 5.91 Å². The first-order valence-electron chi connectivity index (χ1n) is 6.85. The van der Waals surface area contributed by atoms with Gasteiger partial charge in [0, 0.05) is 11.1 Å². The standard InChI is InChI=1S/C14H14N6O3S2/c15-9-5-8-10(16)11(24-14(8)20-12(9)17)13(21)19-6-1-3-7(4-2-6)25(18,22)23/h1-5H,15-16H2,(H2,17,20)(H,19,21)(H2,18,22,23). The maximum Gasteiger partial charge on any atom is 0.267 e. The first-order chi connectivity index (χ1) is 11.7. The van der Waals surface area contributed by atoms with E-state index in [2.05, 4.69) is 10.3 Å². The third-order valence-corrected chi connectivity index (χ3v) is 5.47. The molecule has 9 nitrogen and oxygen atoms in total. The van der Waals surface area contributed by atoms with Crippen molar-refractivity contribution in [2.24, 2.45) is 5.14 Å². The Morgan fingerprint density at radius 1 is 1.12 bits per heavy atom. The molecule has 0 radical (unpaired) electrons. The number of fused-ring (bicyclic) bond motifs is 1. The largest absolute Gasteiger partial charge is 0.397 e. The van der Waals surface area contributed by atoms with E-state index in [-0.39, 0.29) is 27.0 Å². The molecule has 1 aromatic carbocycles. The molecule has 25 heavy (non-hydrogen) atoms. The number of hydrogen-bond donors (Lipinski definition) is 5. The number of amides is 1. The second-order valence-corrected chi connectivity index (χ2v) is 7.74. The molecular formula is C14H14N6O3S2. The number of carbonyl (C=O) groups is 1. The Morgan fingerprint density at radius 2 is 1.76 bits per heavy atom. The van der Waals surface area contributed by atoms with Gasteiger partial charge in [-0.15, -0.1) is 11.3 Å². The number of sulfonamides is 1. The van der Waals surface area contributed by atoms with Crippen molar-refractivity contribution in [2.75, 3.05) is 22.5 Å². The maximum atomic E-state index is 12.4. The fourth-order valence-electron chi connectivity index (χ4n) is 2.15. The average molecular weight is 378 g/mol. The molecule has 130 valence electrons. The summed E-state index contributed by atoms with van der Waals surface area (Å²) in [6, 6.07) is 7.01. The quantitative estimate of drug-likeness (QED) is 0.449. The Balaban J connectivity index is 1.91. The Labute approximate surface area is 146 Å². The number of pyridine rings is 1. The predicted octanol–water partition coefficient (Wildman–Crippen LogP) is 0.943. The zero-order valence-electron chi connectivity index (χ0n) is 12.7. The smallest absolute Gasteiger partial charge is 0.267 e. The van der Waals surface area contributed by atoms with Gasteiger partial charge in [-0.05, 0) is 30.3 Å². The number of anilines is 4. The van der Waals surface area contributed by atoms with Crippen molar-refractivity contribution in [3.05, 3.63) is 35.2 Å². The molecule has 11 heteroatoms. The molecule has 1 amide bonds. The number of nitrogen functional groups attached to an aromatic ring is 3. The lowest BCUT2D eigenvalue weighted by Crippen LogP contribution is -2.13. The van der Waals surface area contributed by atoms with Crippen LogP contribution in [0.5, 0.6) is 0 Å². The molecule has 0 atom stereocenters.